The molecular weight excluding hydrogens is 528 g/mol. The number of likely N-dealkylation sites (tertiary alicyclic amines) is 1. The van der Waals surface area contributed by atoms with Crippen molar-refractivity contribution in [3.8, 4) is 5.75 Å². The Morgan fingerprint density at radius 1 is 1.26 bits per heavy atom. The molecular formula is C26H29ClF4N4O3. The number of fused-ring (bicyclic) bond motifs is 3. The zero-order valence-corrected chi connectivity index (χ0v) is 21.8. The van der Waals surface area contributed by atoms with Crippen LogP contribution in [0.5, 0.6) is 5.75 Å². The highest BCUT2D eigenvalue weighted by Gasteiger charge is 2.43. The number of hydrogen-bond donors (Lipinski definition) is 2. The number of hydrogen-bond acceptors (Lipinski definition) is 6. The predicted octanol–water partition coefficient (Wildman–Crippen LogP) is 5.14. The smallest absolute Gasteiger partial charge is 0.417 e. The lowest BCUT2D eigenvalue weighted by molar-refractivity contribution is -0.155. The van der Waals surface area contributed by atoms with E-state index in [1.165, 1.54) is 12.0 Å². The lowest BCUT2D eigenvalue weighted by Gasteiger charge is -2.43. The number of aromatic amines is 1. The zero-order valence-electron chi connectivity index (χ0n) is 21.0. The van der Waals surface area contributed by atoms with Gasteiger partial charge in [0.15, 0.2) is 5.58 Å². The van der Waals surface area contributed by atoms with Crippen LogP contribution < -0.4 is 15.8 Å². The molecule has 5 rings (SSSR count). The first kappa shape index (κ1) is 26.8. The Balaban J connectivity index is 1.55. The van der Waals surface area contributed by atoms with Crippen LogP contribution in [0.2, 0.25) is 5.02 Å². The van der Waals surface area contributed by atoms with Gasteiger partial charge in [0.2, 0.25) is 0 Å². The van der Waals surface area contributed by atoms with E-state index >= 15 is 0 Å². The fraction of sp³-hybridized carbons (Fsp3) is 0.500. The van der Waals surface area contributed by atoms with Crippen LogP contribution in [0.25, 0.3) is 11.1 Å². The number of methoxy groups -OCH3 is 1. The molecule has 38 heavy (non-hydrogen) atoms. The molecule has 0 spiro atoms. The number of benzene rings is 2. The average Bonchev–Trinajstić information content (AvgIpc) is 3.21. The van der Waals surface area contributed by atoms with E-state index in [1.807, 2.05) is 0 Å². The van der Waals surface area contributed by atoms with Crippen molar-refractivity contribution in [3.05, 3.63) is 56.5 Å². The number of ether oxygens (including phenoxy) is 1. The van der Waals surface area contributed by atoms with Crippen LogP contribution in [0.15, 0.2) is 33.5 Å². The number of aromatic nitrogens is 1. The van der Waals surface area contributed by atoms with E-state index in [-0.39, 0.29) is 24.2 Å². The first-order chi connectivity index (χ1) is 18.1. The third kappa shape index (κ3) is 5.23. The average molecular weight is 557 g/mol. The van der Waals surface area contributed by atoms with Gasteiger partial charge in [-0.2, -0.15) is 13.2 Å². The highest BCUT2D eigenvalue weighted by atomic mass is 35.5. The number of H-pyrrole nitrogens is 1. The van der Waals surface area contributed by atoms with Crippen LogP contribution >= 0.6 is 11.6 Å². The summed E-state index contributed by atoms with van der Waals surface area (Å²) in [5, 5.41) is 3.65. The van der Waals surface area contributed by atoms with Crippen LogP contribution in [-0.4, -0.2) is 73.0 Å². The fourth-order valence-corrected chi connectivity index (χ4v) is 5.96. The van der Waals surface area contributed by atoms with Crippen molar-refractivity contribution in [3.63, 3.8) is 0 Å². The number of nitrogens with one attached hydrogen (secondary N) is 2. The molecule has 7 nitrogen and oxygen atoms in total. The molecule has 1 saturated heterocycles. The summed E-state index contributed by atoms with van der Waals surface area (Å²) in [6, 6.07) is 5.50. The number of halogens is 5. The third-order valence-electron chi connectivity index (χ3n) is 7.30. The lowest BCUT2D eigenvalue weighted by atomic mass is 9.84. The van der Waals surface area contributed by atoms with Crippen molar-refractivity contribution in [1.82, 2.24) is 14.8 Å². The standard InChI is InChI=1S/C26H29ClF4N4O3/c1-14-8-18-17(4-5-20-24(18)38-25(36)33-20)23(35(14)13-26(29,30)31)22-19(27)9-15(10-21(22)37-2)32-16-11-34(12-16)7-3-6-28/h4-5,9-10,14,16,23,32H,3,6-8,11-13H2,1-2H3,(H,33,36)/t14-,23?/m1/s1. The van der Waals surface area contributed by atoms with Gasteiger partial charge in [-0.05, 0) is 37.5 Å². The van der Waals surface area contributed by atoms with Gasteiger partial charge in [-0.15, -0.1) is 0 Å². The number of anilines is 1. The molecule has 1 fully saturated rings. The monoisotopic (exact) mass is 556 g/mol. The van der Waals surface area contributed by atoms with Gasteiger partial charge in [-0.25, -0.2) is 4.79 Å². The summed E-state index contributed by atoms with van der Waals surface area (Å²) < 4.78 is 64.8. The molecule has 0 bridgehead atoms. The van der Waals surface area contributed by atoms with Gasteiger partial charge in [-0.1, -0.05) is 17.7 Å². The van der Waals surface area contributed by atoms with Gasteiger partial charge in [0, 0.05) is 48.6 Å². The zero-order chi connectivity index (χ0) is 27.2. The van der Waals surface area contributed by atoms with Gasteiger partial charge in [0.25, 0.3) is 0 Å². The Morgan fingerprint density at radius 2 is 2.03 bits per heavy atom. The van der Waals surface area contributed by atoms with Crippen molar-refractivity contribution in [2.24, 2.45) is 0 Å². The fourth-order valence-electron chi connectivity index (χ4n) is 5.65. The maximum absolute atomic E-state index is 13.8. The minimum Gasteiger partial charge on any atom is -0.496 e. The minimum atomic E-state index is -4.45. The maximum atomic E-state index is 13.8. The van der Waals surface area contributed by atoms with Crippen LogP contribution in [0.3, 0.4) is 0 Å². The van der Waals surface area contributed by atoms with E-state index in [1.54, 1.807) is 31.2 Å². The van der Waals surface area contributed by atoms with Gasteiger partial charge in [0.05, 0.1) is 43.0 Å². The largest absolute Gasteiger partial charge is 0.496 e. The molecule has 206 valence electrons. The molecule has 1 unspecified atom stereocenters. The summed E-state index contributed by atoms with van der Waals surface area (Å²) in [5.74, 6) is -0.276. The minimum absolute atomic E-state index is 0.142. The quantitative estimate of drug-likeness (QED) is 0.375. The van der Waals surface area contributed by atoms with E-state index in [0.717, 1.165) is 13.1 Å². The number of alkyl halides is 4. The molecule has 12 heteroatoms. The predicted molar refractivity (Wildman–Crippen MR) is 137 cm³/mol. The lowest BCUT2D eigenvalue weighted by Crippen LogP contribution is -2.54. The van der Waals surface area contributed by atoms with Crippen molar-refractivity contribution < 1.29 is 26.7 Å². The second kappa shape index (κ2) is 10.4. The summed E-state index contributed by atoms with van der Waals surface area (Å²) in [6.45, 7) is 2.43. The van der Waals surface area contributed by atoms with Crippen LogP contribution in [0, 0.1) is 0 Å². The van der Waals surface area contributed by atoms with Gasteiger partial charge < -0.3 is 14.5 Å². The highest BCUT2D eigenvalue weighted by Crippen LogP contribution is 2.47. The van der Waals surface area contributed by atoms with E-state index in [9.17, 15) is 22.4 Å². The highest BCUT2D eigenvalue weighted by molar-refractivity contribution is 6.32. The summed E-state index contributed by atoms with van der Waals surface area (Å²) >= 11 is 6.80. The Hall–Kier alpha value is -2.76. The molecule has 0 radical (unpaired) electrons. The SMILES string of the molecule is COc1cc(NC2CN(CCCF)C2)cc(Cl)c1C1c2ccc3[nH]c(=O)oc3c2C[C@@H](C)N1CC(F)(F)F. The van der Waals surface area contributed by atoms with Crippen LogP contribution in [-0.2, 0) is 6.42 Å². The summed E-state index contributed by atoms with van der Waals surface area (Å²) in [6.07, 6.45) is -3.69. The van der Waals surface area contributed by atoms with Crippen LogP contribution in [0.4, 0.5) is 23.2 Å². The van der Waals surface area contributed by atoms with E-state index in [4.69, 9.17) is 20.8 Å². The Kier molecular flexibility index (Phi) is 7.36. The number of nitrogens with zero attached hydrogens (tertiary/aromatic N) is 2. The normalized spacial score (nSPS) is 20.9. The molecule has 2 aliphatic heterocycles. The molecule has 2 aliphatic rings. The Bertz CT molecular complexity index is 1370. The number of rotatable bonds is 8. The van der Waals surface area contributed by atoms with E-state index in [0.29, 0.717) is 52.2 Å². The Morgan fingerprint density at radius 3 is 2.71 bits per heavy atom. The molecule has 2 N–H and O–H groups in total. The molecule has 0 saturated carbocycles. The van der Waals surface area contributed by atoms with Gasteiger partial charge in [0.1, 0.15) is 5.75 Å². The van der Waals surface area contributed by atoms with Crippen molar-refractivity contribution in [2.75, 3.05) is 45.3 Å². The second-order valence-corrected chi connectivity index (χ2v) is 10.4. The second-order valence-electron chi connectivity index (χ2n) is 9.99. The molecule has 0 aliphatic carbocycles. The summed E-state index contributed by atoms with van der Waals surface area (Å²) in [4.78, 5) is 18.0. The number of oxazole rings is 1. The first-order valence-electron chi connectivity index (χ1n) is 12.5. The molecule has 2 aromatic carbocycles. The summed E-state index contributed by atoms with van der Waals surface area (Å²) in [7, 11) is 1.46. The van der Waals surface area contributed by atoms with E-state index < -0.39 is 30.6 Å². The van der Waals surface area contributed by atoms with Crippen molar-refractivity contribution in [1.29, 1.82) is 0 Å². The summed E-state index contributed by atoms with van der Waals surface area (Å²) in [5.41, 5.74) is 3.16. The molecule has 2 atom stereocenters. The Labute approximate surface area is 221 Å². The molecule has 0 amide bonds. The third-order valence-corrected chi connectivity index (χ3v) is 7.62. The first-order valence-corrected chi connectivity index (χ1v) is 12.8. The van der Waals surface area contributed by atoms with Crippen molar-refractivity contribution >= 4 is 28.4 Å². The maximum Gasteiger partial charge on any atom is 0.417 e. The molecule has 3 aromatic rings. The van der Waals surface area contributed by atoms with E-state index in [2.05, 4.69) is 15.2 Å². The van der Waals surface area contributed by atoms with Crippen LogP contribution in [0.1, 0.15) is 36.1 Å². The molecule has 3 heterocycles. The molecule has 1 aromatic heterocycles. The van der Waals surface area contributed by atoms with Crippen molar-refractivity contribution in [2.45, 2.75) is 44.1 Å². The van der Waals surface area contributed by atoms with Gasteiger partial charge in [-0.3, -0.25) is 19.2 Å². The topological polar surface area (TPSA) is 73.7 Å². The van der Waals surface area contributed by atoms with Gasteiger partial charge >= 0.3 is 11.9 Å².